The van der Waals surface area contributed by atoms with Gasteiger partial charge < -0.3 is 15.4 Å². The molecule has 0 saturated carbocycles. The van der Waals surface area contributed by atoms with Crippen molar-refractivity contribution in [2.45, 2.75) is 64.3 Å². The fourth-order valence-electron chi connectivity index (χ4n) is 2.58. The first-order valence-electron chi connectivity index (χ1n) is 7.84. The van der Waals surface area contributed by atoms with Gasteiger partial charge in [0.15, 0.2) is 0 Å². The van der Waals surface area contributed by atoms with Crippen LogP contribution < -0.4 is 5.73 Å². The number of rotatable bonds is 11. The van der Waals surface area contributed by atoms with E-state index in [9.17, 15) is 4.79 Å². The molecule has 5 heteroatoms. The fourth-order valence-corrected chi connectivity index (χ4v) is 2.58. The number of urea groups is 1. The molecule has 0 spiro atoms. The lowest BCUT2D eigenvalue weighted by Gasteiger charge is -2.23. The van der Waals surface area contributed by atoms with Crippen LogP contribution >= 0.6 is 0 Å². The van der Waals surface area contributed by atoms with Crippen molar-refractivity contribution in [2.75, 3.05) is 20.3 Å². The SMILES string of the molecule is CCCCCCCCCC1C(N)=NC(=O)N1CCOC. The molecule has 2 amide bonds. The van der Waals surface area contributed by atoms with Crippen molar-refractivity contribution >= 4 is 11.9 Å². The number of hydrogen-bond donors (Lipinski definition) is 1. The van der Waals surface area contributed by atoms with Gasteiger partial charge in [-0.3, -0.25) is 0 Å². The summed E-state index contributed by atoms with van der Waals surface area (Å²) >= 11 is 0. The maximum atomic E-state index is 11.7. The number of ether oxygens (including phenoxy) is 1. The molecule has 0 radical (unpaired) electrons. The van der Waals surface area contributed by atoms with Crippen molar-refractivity contribution in [1.82, 2.24) is 4.90 Å². The van der Waals surface area contributed by atoms with Gasteiger partial charge in [-0.1, -0.05) is 51.9 Å². The molecule has 1 rings (SSSR count). The largest absolute Gasteiger partial charge is 0.385 e. The molecule has 116 valence electrons. The second-order valence-electron chi connectivity index (χ2n) is 5.43. The molecule has 0 aromatic carbocycles. The van der Waals surface area contributed by atoms with Gasteiger partial charge in [0.1, 0.15) is 5.84 Å². The molecule has 0 aliphatic carbocycles. The topological polar surface area (TPSA) is 67.9 Å². The lowest BCUT2D eigenvalue weighted by Crippen LogP contribution is -2.42. The molecule has 0 bridgehead atoms. The van der Waals surface area contributed by atoms with Gasteiger partial charge in [-0.05, 0) is 6.42 Å². The van der Waals surface area contributed by atoms with E-state index in [1.54, 1.807) is 12.0 Å². The van der Waals surface area contributed by atoms with Gasteiger partial charge in [-0.2, -0.15) is 4.99 Å². The zero-order valence-electron chi connectivity index (χ0n) is 12.9. The molecule has 1 unspecified atom stereocenters. The number of carbonyl (C=O) groups is 1. The Balaban J connectivity index is 2.22. The Hall–Kier alpha value is -1.10. The molecule has 20 heavy (non-hydrogen) atoms. The predicted molar refractivity (Wildman–Crippen MR) is 82.0 cm³/mol. The van der Waals surface area contributed by atoms with E-state index in [-0.39, 0.29) is 12.1 Å². The van der Waals surface area contributed by atoms with Crippen LogP contribution in [0, 0.1) is 0 Å². The first-order chi connectivity index (χ1) is 9.70. The lowest BCUT2D eigenvalue weighted by atomic mass is 10.0. The smallest absolute Gasteiger partial charge is 0.345 e. The van der Waals surface area contributed by atoms with Gasteiger partial charge in [-0.25, -0.2) is 4.79 Å². The van der Waals surface area contributed by atoms with Crippen molar-refractivity contribution in [3.05, 3.63) is 0 Å². The third-order valence-electron chi connectivity index (χ3n) is 3.81. The van der Waals surface area contributed by atoms with E-state index in [0.717, 1.165) is 12.8 Å². The van der Waals surface area contributed by atoms with Crippen molar-refractivity contribution in [2.24, 2.45) is 10.7 Å². The lowest BCUT2D eigenvalue weighted by molar-refractivity contribution is 0.148. The second kappa shape index (κ2) is 9.75. The maximum absolute atomic E-state index is 11.7. The number of amidine groups is 1. The molecule has 0 aromatic heterocycles. The highest BCUT2D eigenvalue weighted by Crippen LogP contribution is 2.18. The highest BCUT2D eigenvalue weighted by atomic mass is 16.5. The number of aliphatic imine (C=N–C) groups is 1. The quantitative estimate of drug-likeness (QED) is 0.593. The van der Waals surface area contributed by atoms with Gasteiger partial charge in [0, 0.05) is 13.7 Å². The molecule has 5 nitrogen and oxygen atoms in total. The summed E-state index contributed by atoms with van der Waals surface area (Å²) in [4.78, 5) is 17.3. The number of unbranched alkanes of at least 4 members (excludes halogenated alkanes) is 6. The van der Waals surface area contributed by atoms with Crippen LogP contribution in [0.5, 0.6) is 0 Å². The number of methoxy groups -OCH3 is 1. The minimum Gasteiger partial charge on any atom is -0.385 e. The average Bonchev–Trinajstić information content (AvgIpc) is 2.70. The summed E-state index contributed by atoms with van der Waals surface area (Å²) in [5.41, 5.74) is 5.86. The summed E-state index contributed by atoms with van der Waals surface area (Å²) in [7, 11) is 1.63. The maximum Gasteiger partial charge on any atom is 0.345 e. The monoisotopic (exact) mass is 283 g/mol. The summed E-state index contributed by atoms with van der Waals surface area (Å²) in [6.07, 6.45) is 9.77. The number of nitrogens with two attached hydrogens (primary N) is 1. The minimum atomic E-state index is -0.215. The van der Waals surface area contributed by atoms with Gasteiger partial charge in [-0.15, -0.1) is 0 Å². The molecule has 0 aromatic rings. The van der Waals surface area contributed by atoms with E-state index >= 15 is 0 Å². The summed E-state index contributed by atoms with van der Waals surface area (Å²) in [5, 5.41) is 0. The van der Waals surface area contributed by atoms with Gasteiger partial charge in [0.05, 0.1) is 12.6 Å². The van der Waals surface area contributed by atoms with Gasteiger partial charge in [0.25, 0.3) is 0 Å². The third-order valence-corrected chi connectivity index (χ3v) is 3.81. The van der Waals surface area contributed by atoms with E-state index in [0.29, 0.717) is 19.0 Å². The zero-order chi connectivity index (χ0) is 14.8. The molecule has 1 aliphatic heterocycles. The fraction of sp³-hybridized carbons (Fsp3) is 0.867. The molecule has 2 N–H and O–H groups in total. The Morgan fingerprint density at radius 1 is 1.20 bits per heavy atom. The van der Waals surface area contributed by atoms with E-state index in [4.69, 9.17) is 10.5 Å². The van der Waals surface area contributed by atoms with Crippen LogP contribution in [0.1, 0.15) is 58.3 Å². The summed E-state index contributed by atoms with van der Waals surface area (Å²) < 4.78 is 5.03. The molecule has 0 fully saturated rings. The average molecular weight is 283 g/mol. The zero-order valence-corrected chi connectivity index (χ0v) is 12.9. The molecule has 0 saturated heterocycles. The standard InChI is InChI=1S/C15H29N3O2/c1-3-4-5-6-7-8-9-10-13-14(16)17-15(19)18(13)11-12-20-2/h13H,3-12H2,1-2H3,(H2,16,17,19). The normalized spacial score (nSPS) is 18.7. The highest BCUT2D eigenvalue weighted by molar-refractivity contribution is 6.02. The molecule has 1 aliphatic rings. The van der Waals surface area contributed by atoms with E-state index in [1.807, 2.05) is 0 Å². The number of nitrogens with zero attached hydrogens (tertiary/aromatic N) is 2. The number of amides is 2. The first kappa shape index (κ1) is 17.0. The molecular formula is C15H29N3O2. The summed E-state index contributed by atoms with van der Waals surface area (Å²) in [6.45, 7) is 3.33. The van der Waals surface area contributed by atoms with Gasteiger partial charge in [0.2, 0.25) is 0 Å². The Kier molecular flexibility index (Phi) is 8.26. The number of carbonyl (C=O) groups excluding carboxylic acids is 1. The van der Waals surface area contributed by atoms with Crippen molar-refractivity contribution in [3.63, 3.8) is 0 Å². The predicted octanol–water partition coefficient (Wildman–Crippen LogP) is 2.93. The van der Waals surface area contributed by atoms with Crippen LogP contribution in [-0.4, -0.2) is 43.1 Å². The molecular weight excluding hydrogens is 254 g/mol. The summed E-state index contributed by atoms with van der Waals surface area (Å²) in [6, 6.07) is -0.235. The van der Waals surface area contributed by atoms with Crippen molar-refractivity contribution in [3.8, 4) is 0 Å². The van der Waals surface area contributed by atoms with Crippen LogP contribution in [0.2, 0.25) is 0 Å². The van der Waals surface area contributed by atoms with E-state index in [2.05, 4.69) is 11.9 Å². The van der Waals surface area contributed by atoms with E-state index in [1.165, 1.54) is 38.5 Å². The van der Waals surface area contributed by atoms with E-state index < -0.39 is 0 Å². The van der Waals surface area contributed by atoms with Crippen molar-refractivity contribution in [1.29, 1.82) is 0 Å². The van der Waals surface area contributed by atoms with Crippen molar-refractivity contribution < 1.29 is 9.53 Å². The Morgan fingerprint density at radius 2 is 1.85 bits per heavy atom. The molecule has 1 heterocycles. The third kappa shape index (κ3) is 5.49. The Morgan fingerprint density at radius 3 is 2.50 bits per heavy atom. The van der Waals surface area contributed by atoms with Crippen LogP contribution in [0.4, 0.5) is 4.79 Å². The van der Waals surface area contributed by atoms with Crippen LogP contribution in [0.3, 0.4) is 0 Å². The first-order valence-corrected chi connectivity index (χ1v) is 7.84. The Labute approximate surface area is 122 Å². The highest BCUT2D eigenvalue weighted by Gasteiger charge is 2.32. The summed E-state index contributed by atoms with van der Waals surface area (Å²) in [5.74, 6) is 0.470. The van der Waals surface area contributed by atoms with Crippen LogP contribution in [0.25, 0.3) is 0 Å². The Bertz CT molecular complexity index is 318. The van der Waals surface area contributed by atoms with Crippen LogP contribution in [0.15, 0.2) is 4.99 Å². The number of hydrogen-bond acceptors (Lipinski definition) is 3. The minimum absolute atomic E-state index is 0.0201. The van der Waals surface area contributed by atoms with Crippen LogP contribution in [-0.2, 0) is 4.74 Å². The second-order valence-corrected chi connectivity index (χ2v) is 5.43. The molecule has 1 atom stereocenters. The van der Waals surface area contributed by atoms with Gasteiger partial charge >= 0.3 is 6.03 Å².